The molecule has 0 aromatic heterocycles. The summed E-state index contributed by atoms with van der Waals surface area (Å²) in [5, 5.41) is 30.9. The van der Waals surface area contributed by atoms with E-state index in [1.807, 2.05) is 0 Å². The molecule has 0 atom stereocenters. The molecule has 0 spiro atoms. The first-order chi connectivity index (χ1) is 7.19. The largest absolute Gasteiger partial charge is 1.00 e. The summed E-state index contributed by atoms with van der Waals surface area (Å²) in [6.45, 7) is 0. The quantitative estimate of drug-likeness (QED) is 0.321. The third-order valence-electron chi connectivity index (χ3n) is 1.51. The van der Waals surface area contributed by atoms with Crippen molar-refractivity contribution in [3.05, 3.63) is 0 Å². The van der Waals surface area contributed by atoms with Gasteiger partial charge in [0, 0.05) is 24.8 Å². The summed E-state index contributed by atoms with van der Waals surface area (Å²) >= 11 is 0. The number of hydrogen-bond donors (Lipinski definition) is 0. The maximum atomic E-state index is 10.5. The number of carboxylic acids is 3. The van der Waals surface area contributed by atoms with E-state index in [1.54, 1.807) is 0 Å². The summed E-state index contributed by atoms with van der Waals surface area (Å²) < 4.78 is 14.0. The molecule has 0 heterocycles. The molecule has 27 heavy (non-hydrogen) atoms. The van der Waals surface area contributed by atoms with Crippen LogP contribution in [0.25, 0.3) is 0 Å². The van der Waals surface area contributed by atoms with Crippen LogP contribution in [0.15, 0.2) is 0 Å². The standard InChI is InChI=1S/C6H7O9Si.4Na.7H2O/c7-3(8)1-6(5(11)12,2-4(9)10)15-16(13)14;;;;;;;;;;;/h1-2H2,(H,7,8)(H,9,10)(H,11,12);;;;;7*1H2/q-1;4*+1;;;;;;;/p-3. The molecular weight excluding hydrogens is 448 g/mol. The molecule has 21 heteroatoms. The number of carbonyl (C=O) groups is 3. The van der Waals surface area contributed by atoms with Crippen LogP contribution in [0.2, 0.25) is 0 Å². The van der Waals surface area contributed by atoms with Crippen molar-refractivity contribution < 1.29 is 200 Å². The van der Waals surface area contributed by atoms with Crippen LogP contribution in [0.1, 0.15) is 12.8 Å². The van der Waals surface area contributed by atoms with E-state index in [0.29, 0.717) is 0 Å². The number of rotatable bonds is 7. The van der Waals surface area contributed by atoms with Gasteiger partial charge in [0.2, 0.25) is 0 Å². The van der Waals surface area contributed by atoms with E-state index in [4.69, 9.17) is 0 Å². The molecule has 0 saturated carbocycles. The third kappa shape index (κ3) is 35.5. The molecule has 0 bridgehead atoms. The van der Waals surface area contributed by atoms with Gasteiger partial charge in [-0.25, -0.2) is 0 Å². The molecule has 0 aliphatic heterocycles. The van der Waals surface area contributed by atoms with Gasteiger partial charge in [-0.1, -0.05) is 0 Å². The second-order valence-corrected chi connectivity index (χ2v) is 3.44. The number of aliphatic carboxylic acids is 3. The summed E-state index contributed by atoms with van der Waals surface area (Å²) in [7, 11) is -4.13. The van der Waals surface area contributed by atoms with Crippen LogP contribution in [-0.2, 0) is 23.3 Å². The first-order valence-corrected chi connectivity index (χ1v) is 4.93. The molecule has 0 aliphatic rings. The predicted molar refractivity (Wildman–Crippen MR) is 59.8 cm³/mol. The van der Waals surface area contributed by atoms with Crippen LogP contribution >= 0.6 is 0 Å². The smallest absolute Gasteiger partial charge is 0.576 e. The van der Waals surface area contributed by atoms with Crippen LogP contribution in [0, 0.1) is 0 Å². The van der Waals surface area contributed by atoms with Crippen LogP contribution in [0.5, 0.6) is 0 Å². The number of carboxylic acid groups (broad SMARTS) is 3. The van der Waals surface area contributed by atoms with Crippen molar-refractivity contribution in [3.8, 4) is 0 Å². The Labute approximate surface area is 242 Å². The summed E-state index contributed by atoms with van der Waals surface area (Å²) in [5.74, 6) is -6.31. The van der Waals surface area contributed by atoms with E-state index in [1.165, 1.54) is 0 Å². The first-order valence-electron chi connectivity index (χ1n) is 3.71. The molecule has 14 N–H and O–H groups in total. The van der Waals surface area contributed by atoms with Gasteiger partial charge in [-0.2, -0.15) is 0 Å². The Morgan fingerprint density at radius 2 is 0.926 bits per heavy atom. The molecule has 0 saturated heterocycles. The van der Waals surface area contributed by atoms with Gasteiger partial charge in [0.05, 0.1) is 11.6 Å². The minimum Gasteiger partial charge on any atom is -0.576 e. The van der Waals surface area contributed by atoms with Crippen LogP contribution in [-0.4, -0.2) is 71.0 Å². The Bertz CT molecular complexity index is 315. The fourth-order valence-electron chi connectivity index (χ4n) is 0.947. The molecule has 0 aliphatic carbocycles. The van der Waals surface area contributed by atoms with E-state index >= 15 is 0 Å². The van der Waals surface area contributed by atoms with Crippen LogP contribution in [0.3, 0.4) is 0 Å². The van der Waals surface area contributed by atoms with E-state index in [9.17, 15) is 39.0 Å². The van der Waals surface area contributed by atoms with Crippen molar-refractivity contribution in [2.75, 3.05) is 0 Å². The summed E-state index contributed by atoms with van der Waals surface area (Å²) in [5.41, 5.74) is -3.03. The van der Waals surface area contributed by atoms with Crippen LogP contribution < -0.4 is 138 Å². The molecular formula is C6H18Na4O16Si. The Morgan fingerprint density at radius 3 is 1.04 bits per heavy atom. The van der Waals surface area contributed by atoms with Gasteiger partial charge in [0.25, 0.3) is 0 Å². The zero-order valence-corrected chi connectivity index (χ0v) is 24.1. The Balaban J connectivity index is -0.0000000205. The molecule has 0 amide bonds. The Kier molecular flexibility index (Phi) is 112. The van der Waals surface area contributed by atoms with Crippen molar-refractivity contribution in [1.82, 2.24) is 0 Å². The molecule has 0 aromatic carbocycles. The fraction of sp³-hybridized carbons (Fsp3) is 0.500. The molecule has 0 unspecified atom stereocenters. The van der Waals surface area contributed by atoms with Gasteiger partial charge in [-0.15, -0.1) is 0 Å². The minimum atomic E-state index is -4.13. The van der Waals surface area contributed by atoms with Gasteiger partial charge in [-0.05, 0) is 0 Å². The zero-order valence-electron chi connectivity index (χ0n) is 15.1. The van der Waals surface area contributed by atoms with E-state index in [2.05, 4.69) is 4.43 Å². The summed E-state index contributed by atoms with van der Waals surface area (Å²) in [6.07, 6.45) is -2.97. The normalized spacial score (nSPS) is 6.22. The second kappa shape index (κ2) is 38.4. The zero-order chi connectivity index (χ0) is 12.9. The number of hydrogen-bond acceptors (Lipinski definition) is 9. The average Bonchev–Trinajstić information content (AvgIpc) is 1.98. The fourth-order valence-corrected chi connectivity index (χ4v) is 1.49. The van der Waals surface area contributed by atoms with Gasteiger partial charge in [-0.3, -0.25) is 0 Å². The van der Waals surface area contributed by atoms with Crippen molar-refractivity contribution in [2.24, 2.45) is 0 Å². The van der Waals surface area contributed by atoms with Crippen molar-refractivity contribution >= 4 is 27.1 Å². The third-order valence-corrected chi connectivity index (χ3v) is 2.07. The van der Waals surface area contributed by atoms with Gasteiger partial charge >= 0.3 is 127 Å². The molecule has 16 nitrogen and oxygen atoms in total. The predicted octanol–water partition coefficient (Wildman–Crippen LogP) is -24.2. The molecule has 0 aromatic rings. The molecule has 0 radical (unpaired) electrons. The Hall–Kier alpha value is 1.75. The Morgan fingerprint density at radius 1 is 0.704 bits per heavy atom. The summed E-state index contributed by atoms with van der Waals surface area (Å²) in [6, 6.07) is 0. The minimum absolute atomic E-state index is 0. The van der Waals surface area contributed by atoms with Crippen molar-refractivity contribution in [2.45, 2.75) is 18.4 Å². The SMILES string of the molecule is O.O.O.O.O.O.O.O=C([O-])CC(CC(=O)[O-])(O[Si](=O)[O-])C(=O)[O-].[Na+].[Na+].[Na+].[Na+]. The van der Waals surface area contributed by atoms with E-state index < -0.39 is 45.5 Å². The maximum absolute atomic E-state index is 10.5. The van der Waals surface area contributed by atoms with Crippen molar-refractivity contribution in [1.29, 1.82) is 0 Å². The van der Waals surface area contributed by atoms with Crippen LogP contribution in [0.4, 0.5) is 0 Å². The average molecular weight is 466 g/mol. The van der Waals surface area contributed by atoms with Crippen molar-refractivity contribution in [3.63, 3.8) is 0 Å². The number of carbonyl (C=O) groups excluding carboxylic acids is 3. The first kappa shape index (κ1) is 78.9. The van der Waals surface area contributed by atoms with Gasteiger partial charge < -0.3 is 81.7 Å². The maximum Gasteiger partial charge on any atom is 1.00 e. The van der Waals surface area contributed by atoms with E-state index in [0.717, 1.165) is 0 Å². The molecule has 146 valence electrons. The van der Waals surface area contributed by atoms with Gasteiger partial charge in [0.1, 0.15) is 0 Å². The van der Waals surface area contributed by atoms with Gasteiger partial charge in [0.15, 0.2) is 0 Å². The monoisotopic (exact) mass is 466 g/mol. The topological polar surface area (TPSA) is 390 Å². The van der Waals surface area contributed by atoms with E-state index in [-0.39, 0.29) is 157 Å². The molecule has 0 rings (SSSR count). The summed E-state index contributed by atoms with van der Waals surface area (Å²) in [4.78, 5) is 41.2. The second-order valence-electron chi connectivity index (χ2n) is 2.73. The molecule has 0 fully saturated rings.